The van der Waals surface area contributed by atoms with Crippen molar-refractivity contribution in [1.29, 1.82) is 0 Å². The first-order valence-corrected chi connectivity index (χ1v) is 8.40. The maximum absolute atomic E-state index is 12.1. The fourth-order valence-electron chi connectivity index (χ4n) is 2.07. The molecule has 0 saturated carbocycles. The minimum atomic E-state index is -0.449. The van der Waals surface area contributed by atoms with Crippen LogP contribution in [0.2, 0.25) is 0 Å². The predicted molar refractivity (Wildman–Crippen MR) is 103 cm³/mol. The maximum Gasteiger partial charge on any atom is 0.262 e. The van der Waals surface area contributed by atoms with Gasteiger partial charge in [-0.05, 0) is 49.4 Å². The van der Waals surface area contributed by atoms with Gasteiger partial charge in [-0.15, -0.1) is 0 Å². The SMILES string of the molecule is COc1ccc(NC(C)C(=O)N/N=C/c2cc(Br)ccc2OC)cc1. The maximum atomic E-state index is 12.1. The number of benzene rings is 2. The third-order valence-corrected chi connectivity index (χ3v) is 3.93. The number of methoxy groups -OCH3 is 2. The van der Waals surface area contributed by atoms with Gasteiger partial charge in [-0.1, -0.05) is 15.9 Å². The number of ether oxygens (including phenoxy) is 2. The molecule has 1 amide bonds. The van der Waals surface area contributed by atoms with Gasteiger partial charge < -0.3 is 14.8 Å². The molecule has 0 fully saturated rings. The number of hydrogen-bond acceptors (Lipinski definition) is 5. The average molecular weight is 406 g/mol. The fourth-order valence-corrected chi connectivity index (χ4v) is 2.45. The number of carbonyl (C=O) groups is 1. The Kier molecular flexibility index (Phi) is 6.82. The largest absolute Gasteiger partial charge is 0.497 e. The van der Waals surface area contributed by atoms with Crippen molar-refractivity contribution in [2.75, 3.05) is 19.5 Å². The number of rotatable bonds is 7. The number of halogens is 1. The quantitative estimate of drug-likeness (QED) is 0.546. The highest BCUT2D eigenvalue weighted by atomic mass is 79.9. The van der Waals surface area contributed by atoms with Crippen molar-refractivity contribution in [2.24, 2.45) is 5.10 Å². The summed E-state index contributed by atoms with van der Waals surface area (Å²) >= 11 is 3.39. The number of amides is 1. The zero-order chi connectivity index (χ0) is 18.2. The lowest BCUT2D eigenvalue weighted by Gasteiger charge is -2.13. The lowest BCUT2D eigenvalue weighted by atomic mass is 10.2. The molecule has 0 spiro atoms. The van der Waals surface area contributed by atoms with Gasteiger partial charge in [0.1, 0.15) is 17.5 Å². The Morgan fingerprint density at radius 3 is 2.52 bits per heavy atom. The molecule has 0 radical (unpaired) electrons. The molecule has 0 aliphatic rings. The molecular weight excluding hydrogens is 386 g/mol. The molecule has 7 heteroatoms. The van der Waals surface area contributed by atoms with E-state index < -0.39 is 6.04 Å². The van der Waals surface area contributed by atoms with Crippen LogP contribution < -0.4 is 20.2 Å². The van der Waals surface area contributed by atoms with E-state index >= 15 is 0 Å². The highest BCUT2D eigenvalue weighted by Crippen LogP contribution is 2.21. The van der Waals surface area contributed by atoms with Crippen LogP contribution in [0.15, 0.2) is 52.0 Å². The summed E-state index contributed by atoms with van der Waals surface area (Å²) in [5.41, 5.74) is 4.09. The standard InChI is InChI=1S/C18H20BrN3O3/c1-12(21-15-5-7-16(24-2)8-6-15)18(23)22-20-11-13-10-14(19)4-9-17(13)25-3/h4-12,21H,1-3H3,(H,22,23)/b20-11+. The normalized spacial score (nSPS) is 11.8. The first kappa shape index (κ1) is 18.8. The van der Waals surface area contributed by atoms with E-state index in [2.05, 4.69) is 31.8 Å². The zero-order valence-electron chi connectivity index (χ0n) is 14.2. The molecule has 0 aromatic heterocycles. The Morgan fingerprint density at radius 2 is 1.88 bits per heavy atom. The number of hydrogen-bond donors (Lipinski definition) is 2. The Labute approximate surface area is 155 Å². The molecule has 2 aromatic carbocycles. The molecule has 25 heavy (non-hydrogen) atoms. The molecule has 6 nitrogen and oxygen atoms in total. The van der Waals surface area contributed by atoms with Crippen molar-refractivity contribution in [1.82, 2.24) is 5.43 Å². The number of anilines is 1. The minimum absolute atomic E-state index is 0.249. The van der Waals surface area contributed by atoms with Gasteiger partial charge in [0.25, 0.3) is 5.91 Å². The van der Waals surface area contributed by atoms with E-state index in [0.717, 1.165) is 21.5 Å². The topological polar surface area (TPSA) is 72.0 Å². The lowest BCUT2D eigenvalue weighted by molar-refractivity contribution is -0.121. The molecule has 0 aliphatic heterocycles. The number of nitrogens with one attached hydrogen (secondary N) is 2. The third-order valence-electron chi connectivity index (χ3n) is 3.44. The number of hydrazone groups is 1. The Balaban J connectivity index is 1.93. The Morgan fingerprint density at radius 1 is 1.16 bits per heavy atom. The molecular formula is C18H20BrN3O3. The number of nitrogens with zero attached hydrogens (tertiary/aromatic N) is 1. The van der Waals surface area contributed by atoms with E-state index in [0.29, 0.717) is 5.75 Å². The molecule has 2 aromatic rings. The summed E-state index contributed by atoms with van der Waals surface area (Å²) in [7, 11) is 3.19. The van der Waals surface area contributed by atoms with Crippen molar-refractivity contribution in [3.63, 3.8) is 0 Å². The van der Waals surface area contributed by atoms with E-state index in [1.54, 1.807) is 27.4 Å². The predicted octanol–water partition coefficient (Wildman–Crippen LogP) is 3.42. The van der Waals surface area contributed by atoms with Crippen LogP contribution in [0.5, 0.6) is 11.5 Å². The summed E-state index contributed by atoms with van der Waals surface area (Å²) in [4.78, 5) is 12.1. The lowest BCUT2D eigenvalue weighted by Crippen LogP contribution is -2.34. The smallest absolute Gasteiger partial charge is 0.262 e. The number of carbonyl (C=O) groups excluding carboxylic acids is 1. The molecule has 1 atom stereocenters. The van der Waals surface area contributed by atoms with Gasteiger partial charge in [-0.2, -0.15) is 5.10 Å². The van der Waals surface area contributed by atoms with Crippen LogP contribution in [0.1, 0.15) is 12.5 Å². The Bertz CT molecular complexity index is 748. The van der Waals surface area contributed by atoms with E-state index in [-0.39, 0.29) is 5.91 Å². The second-order valence-electron chi connectivity index (χ2n) is 5.22. The minimum Gasteiger partial charge on any atom is -0.497 e. The highest BCUT2D eigenvalue weighted by molar-refractivity contribution is 9.10. The summed E-state index contributed by atoms with van der Waals surface area (Å²) in [6.45, 7) is 1.76. The molecule has 2 rings (SSSR count). The summed E-state index contributed by atoms with van der Waals surface area (Å²) in [6, 6.07) is 12.4. The van der Waals surface area contributed by atoms with Gasteiger partial charge in [0.05, 0.1) is 20.4 Å². The second-order valence-corrected chi connectivity index (χ2v) is 6.13. The van der Waals surface area contributed by atoms with Crippen molar-refractivity contribution >= 4 is 33.7 Å². The summed E-state index contributed by atoms with van der Waals surface area (Å²) in [5.74, 6) is 1.18. The molecule has 0 heterocycles. The van der Waals surface area contributed by atoms with Crippen LogP contribution in [-0.2, 0) is 4.79 Å². The first-order valence-electron chi connectivity index (χ1n) is 7.60. The van der Waals surface area contributed by atoms with Gasteiger partial charge >= 0.3 is 0 Å². The van der Waals surface area contributed by atoms with Gasteiger partial charge in [-0.25, -0.2) is 5.43 Å². The summed E-state index contributed by atoms with van der Waals surface area (Å²) in [6.07, 6.45) is 1.54. The fraction of sp³-hybridized carbons (Fsp3) is 0.222. The second kappa shape index (κ2) is 9.08. The van der Waals surface area contributed by atoms with Crippen molar-refractivity contribution in [2.45, 2.75) is 13.0 Å². The molecule has 1 unspecified atom stereocenters. The monoisotopic (exact) mass is 405 g/mol. The highest BCUT2D eigenvalue weighted by Gasteiger charge is 2.11. The third kappa shape index (κ3) is 5.49. The van der Waals surface area contributed by atoms with Gasteiger partial charge in [-0.3, -0.25) is 4.79 Å². The van der Waals surface area contributed by atoms with E-state index in [1.807, 2.05) is 42.5 Å². The van der Waals surface area contributed by atoms with Crippen LogP contribution in [0, 0.1) is 0 Å². The molecule has 2 N–H and O–H groups in total. The van der Waals surface area contributed by atoms with Crippen LogP contribution in [0.4, 0.5) is 5.69 Å². The van der Waals surface area contributed by atoms with Crippen LogP contribution in [0.3, 0.4) is 0 Å². The first-order chi connectivity index (χ1) is 12.0. The van der Waals surface area contributed by atoms with E-state index in [1.165, 1.54) is 0 Å². The summed E-state index contributed by atoms with van der Waals surface area (Å²) < 4.78 is 11.3. The van der Waals surface area contributed by atoms with E-state index in [4.69, 9.17) is 9.47 Å². The van der Waals surface area contributed by atoms with Crippen molar-refractivity contribution < 1.29 is 14.3 Å². The van der Waals surface area contributed by atoms with Crippen molar-refractivity contribution in [3.8, 4) is 11.5 Å². The molecule has 0 bridgehead atoms. The zero-order valence-corrected chi connectivity index (χ0v) is 15.8. The van der Waals surface area contributed by atoms with Crippen LogP contribution >= 0.6 is 15.9 Å². The van der Waals surface area contributed by atoms with Crippen LogP contribution in [0.25, 0.3) is 0 Å². The van der Waals surface area contributed by atoms with Gasteiger partial charge in [0.2, 0.25) is 0 Å². The average Bonchev–Trinajstić information content (AvgIpc) is 2.62. The molecule has 0 aliphatic carbocycles. The molecule has 0 saturated heterocycles. The van der Waals surface area contributed by atoms with Crippen molar-refractivity contribution in [3.05, 3.63) is 52.5 Å². The van der Waals surface area contributed by atoms with E-state index in [9.17, 15) is 4.79 Å². The van der Waals surface area contributed by atoms with Crippen LogP contribution in [-0.4, -0.2) is 32.4 Å². The molecule has 132 valence electrons. The van der Waals surface area contributed by atoms with Gasteiger partial charge in [0, 0.05) is 15.7 Å². The van der Waals surface area contributed by atoms with Gasteiger partial charge in [0.15, 0.2) is 0 Å². The Hall–Kier alpha value is -2.54. The summed E-state index contributed by atoms with van der Waals surface area (Å²) in [5, 5.41) is 7.10.